The van der Waals surface area contributed by atoms with Gasteiger partial charge in [0.15, 0.2) is 6.10 Å². The summed E-state index contributed by atoms with van der Waals surface area (Å²) < 4.78 is 0. The third-order valence-electron chi connectivity index (χ3n) is 4.60. The first-order valence-electron chi connectivity index (χ1n) is 9.71. The Morgan fingerprint density at radius 3 is 2.50 bits per heavy atom. The van der Waals surface area contributed by atoms with E-state index in [1.165, 1.54) is 5.56 Å². The molecule has 2 amide bonds. The van der Waals surface area contributed by atoms with Gasteiger partial charge in [-0.25, -0.2) is 4.79 Å². The summed E-state index contributed by atoms with van der Waals surface area (Å²) in [5.41, 5.74) is 4.02. The first-order chi connectivity index (χ1) is 13.3. The molecule has 28 heavy (non-hydrogen) atoms. The smallest absolute Gasteiger partial charge is 0.318 e. The number of rotatable bonds is 5. The number of nitrogens with zero attached hydrogens (tertiary/aromatic N) is 2. The normalized spacial score (nSPS) is 16.3. The Kier molecular flexibility index (Phi) is 6.02. The number of amides is 2. The predicted molar refractivity (Wildman–Crippen MR) is 112 cm³/mol. The lowest BCUT2D eigenvalue weighted by molar-refractivity contribution is 0.0580. The van der Waals surface area contributed by atoms with Crippen LogP contribution in [-0.4, -0.2) is 34.8 Å². The molecule has 0 saturated carbocycles. The van der Waals surface area contributed by atoms with Crippen molar-refractivity contribution in [2.75, 3.05) is 6.54 Å². The van der Waals surface area contributed by atoms with E-state index in [0.717, 1.165) is 16.8 Å². The lowest BCUT2D eigenvalue weighted by Crippen LogP contribution is -2.50. The summed E-state index contributed by atoms with van der Waals surface area (Å²) in [4.78, 5) is 20.4. The van der Waals surface area contributed by atoms with Gasteiger partial charge in [0.1, 0.15) is 0 Å². The standard InChI is InChI=1S/C23H29N3O2/c1-17-10-8-9-13-20(17)21-14-19(28-25-21)16-26(22(27)24-23(2,3)4)15-18-11-6-5-7-12-18/h5-13,19H,14-16H2,1-4H3,(H,24,27). The number of benzene rings is 2. The molecule has 1 atom stereocenters. The van der Waals surface area contributed by atoms with Crippen molar-refractivity contribution in [3.05, 3.63) is 71.3 Å². The minimum absolute atomic E-state index is 0.0932. The summed E-state index contributed by atoms with van der Waals surface area (Å²) >= 11 is 0. The molecule has 1 unspecified atom stereocenters. The largest absolute Gasteiger partial charge is 0.390 e. The molecule has 1 aliphatic heterocycles. The van der Waals surface area contributed by atoms with Crippen LogP contribution in [-0.2, 0) is 11.4 Å². The Morgan fingerprint density at radius 1 is 1.14 bits per heavy atom. The zero-order valence-corrected chi connectivity index (χ0v) is 17.1. The highest BCUT2D eigenvalue weighted by molar-refractivity contribution is 6.02. The molecule has 2 aromatic rings. The summed E-state index contributed by atoms with van der Waals surface area (Å²) in [6.45, 7) is 9.03. The Hall–Kier alpha value is -2.82. The SMILES string of the molecule is Cc1ccccc1C1=NOC(CN(Cc2ccccc2)C(=O)NC(C)(C)C)C1. The Labute approximate surface area is 167 Å². The van der Waals surface area contributed by atoms with Gasteiger partial charge >= 0.3 is 6.03 Å². The van der Waals surface area contributed by atoms with Crippen LogP contribution in [0.15, 0.2) is 59.8 Å². The lowest BCUT2D eigenvalue weighted by atomic mass is 10.0. The Bertz CT molecular complexity index is 840. The van der Waals surface area contributed by atoms with Crippen LogP contribution in [0.25, 0.3) is 0 Å². The lowest BCUT2D eigenvalue weighted by Gasteiger charge is -2.29. The van der Waals surface area contributed by atoms with E-state index < -0.39 is 0 Å². The minimum Gasteiger partial charge on any atom is -0.390 e. The van der Waals surface area contributed by atoms with Crippen LogP contribution in [0.4, 0.5) is 4.79 Å². The first kappa shape index (κ1) is 19.9. The van der Waals surface area contributed by atoms with Crippen molar-refractivity contribution in [1.29, 1.82) is 0 Å². The number of oxime groups is 1. The van der Waals surface area contributed by atoms with Gasteiger partial charge in [-0.15, -0.1) is 0 Å². The van der Waals surface area contributed by atoms with E-state index in [1.54, 1.807) is 0 Å². The maximum absolute atomic E-state index is 12.9. The second-order valence-corrected chi connectivity index (χ2v) is 8.33. The minimum atomic E-state index is -0.300. The summed E-state index contributed by atoms with van der Waals surface area (Å²) in [5.74, 6) is 0. The number of carbonyl (C=O) groups excluding carboxylic acids is 1. The van der Waals surface area contributed by atoms with E-state index in [1.807, 2.05) is 68.1 Å². The number of aryl methyl sites for hydroxylation is 1. The van der Waals surface area contributed by atoms with Crippen LogP contribution in [0.5, 0.6) is 0 Å². The van der Waals surface area contributed by atoms with Gasteiger partial charge in [0, 0.05) is 24.1 Å². The third-order valence-corrected chi connectivity index (χ3v) is 4.60. The van der Waals surface area contributed by atoms with Gasteiger partial charge in [-0.1, -0.05) is 59.8 Å². The van der Waals surface area contributed by atoms with Crippen LogP contribution in [0.1, 0.15) is 43.9 Å². The average Bonchev–Trinajstić information content (AvgIpc) is 3.09. The van der Waals surface area contributed by atoms with Crippen molar-refractivity contribution < 1.29 is 9.63 Å². The highest BCUT2D eigenvalue weighted by Gasteiger charge is 2.28. The van der Waals surface area contributed by atoms with Crippen LogP contribution in [0.3, 0.4) is 0 Å². The van der Waals surface area contributed by atoms with Gasteiger partial charge in [0.25, 0.3) is 0 Å². The highest BCUT2D eigenvalue weighted by atomic mass is 16.6. The molecule has 5 nitrogen and oxygen atoms in total. The fraction of sp³-hybridized carbons (Fsp3) is 0.391. The van der Waals surface area contributed by atoms with Crippen molar-refractivity contribution in [3.8, 4) is 0 Å². The fourth-order valence-corrected chi connectivity index (χ4v) is 3.25. The number of nitrogens with one attached hydrogen (secondary N) is 1. The van der Waals surface area contributed by atoms with E-state index >= 15 is 0 Å². The van der Waals surface area contributed by atoms with E-state index in [2.05, 4.69) is 29.5 Å². The van der Waals surface area contributed by atoms with E-state index in [0.29, 0.717) is 19.5 Å². The van der Waals surface area contributed by atoms with Gasteiger partial charge in [-0.3, -0.25) is 0 Å². The molecular formula is C23H29N3O2. The molecule has 1 aliphatic rings. The molecule has 0 aliphatic carbocycles. The maximum atomic E-state index is 12.9. The quantitative estimate of drug-likeness (QED) is 0.832. The fourth-order valence-electron chi connectivity index (χ4n) is 3.25. The molecule has 0 saturated heterocycles. The van der Waals surface area contributed by atoms with Crippen molar-refractivity contribution in [1.82, 2.24) is 10.2 Å². The second kappa shape index (κ2) is 8.46. The molecule has 3 rings (SSSR count). The average molecular weight is 380 g/mol. The van der Waals surface area contributed by atoms with Crippen LogP contribution < -0.4 is 5.32 Å². The predicted octanol–water partition coefficient (Wildman–Crippen LogP) is 4.50. The molecule has 1 N–H and O–H groups in total. The number of hydrogen-bond acceptors (Lipinski definition) is 3. The summed E-state index contributed by atoms with van der Waals surface area (Å²) in [6, 6.07) is 18.1. The Balaban J connectivity index is 1.69. The molecular weight excluding hydrogens is 350 g/mol. The molecule has 0 bridgehead atoms. The molecule has 0 radical (unpaired) electrons. The zero-order valence-electron chi connectivity index (χ0n) is 17.1. The molecule has 2 aromatic carbocycles. The summed E-state index contributed by atoms with van der Waals surface area (Å²) in [7, 11) is 0. The van der Waals surface area contributed by atoms with Crippen LogP contribution in [0.2, 0.25) is 0 Å². The molecule has 148 valence electrons. The van der Waals surface area contributed by atoms with Crippen LogP contribution in [0, 0.1) is 6.92 Å². The second-order valence-electron chi connectivity index (χ2n) is 8.33. The summed E-state index contributed by atoms with van der Waals surface area (Å²) in [5, 5.41) is 7.36. The van der Waals surface area contributed by atoms with Crippen LogP contribution >= 0.6 is 0 Å². The van der Waals surface area contributed by atoms with E-state index in [9.17, 15) is 4.79 Å². The Morgan fingerprint density at radius 2 is 1.82 bits per heavy atom. The molecule has 0 fully saturated rings. The molecule has 0 aromatic heterocycles. The van der Waals surface area contributed by atoms with E-state index in [4.69, 9.17) is 4.84 Å². The zero-order chi connectivity index (χ0) is 20.1. The van der Waals surface area contributed by atoms with Gasteiger partial charge in [-0.05, 0) is 38.8 Å². The number of hydrogen-bond donors (Lipinski definition) is 1. The van der Waals surface area contributed by atoms with Gasteiger partial charge in [0.2, 0.25) is 0 Å². The number of urea groups is 1. The van der Waals surface area contributed by atoms with Crippen molar-refractivity contribution in [2.24, 2.45) is 5.16 Å². The monoisotopic (exact) mass is 379 g/mol. The number of carbonyl (C=O) groups is 1. The summed E-state index contributed by atoms with van der Waals surface area (Å²) in [6.07, 6.45) is 0.544. The molecule has 1 heterocycles. The highest BCUT2D eigenvalue weighted by Crippen LogP contribution is 2.21. The van der Waals surface area contributed by atoms with Crippen molar-refractivity contribution in [2.45, 2.75) is 52.3 Å². The first-order valence-corrected chi connectivity index (χ1v) is 9.71. The van der Waals surface area contributed by atoms with Crippen molar-refractivity contribution >= 4 is 11.7 Å². The van der Waals surface area contributed by atoms with Crippen molar-refractivity contribution in [3.63, 3.8) is 0 Å². The topological polar surface area (TPSA) is 53.9 Å². The third kappa shape index (κ3) is 5.35. The molecule has 0 spiro atoms. The van der Waals surface area contributed by atoms with Gasteiger partial charge < -0.3 is 15.1 Å². The maximum Gasteiger partial charge on any atom is 0.318 e. The molecule has 5 heteroatoms. The van der Waals surface area contributed by atoms with Gasteiger partial charge in [0.05, 0.1) is 12.3 Å². The van der Waals surface area contributed by atoms with Gasteiger partial charge in [-0.2, -0.15) is 0 Å². The van der Waals surface area contributed by atoms with E-state index in [-0.39, 0.29) is 17.7 Å².